The van der Waals surface area contributed by atoms with Gasteiger partial charge in [0.25, 0.3) is 0 Å². The average Bonchev–Trinajstić information content (AvgIpc) is 2.58. The van der Waals surface area contributed by atoms with Crippen LogP contribution < -0.4 is 0 Å². The van der Waals surface area contributed by atoms with E-state index in [0.717, 1.165) is 15.7 Å². The van der Waals surface area contributed by atoms with E-state index in [1.807, 2.05) is 31.4 Å². The molecule has 4 heteroatoms. The van der Waals surface area contributed by atoms with E-state index in [1.54, 1.807) is 10.7 Å². The van der Waals surface area contributed by atoms with Crippen LogP contribution in [0.2, 0.25) is 0 Å². The van der Waals surface area contributed by atoms with E-state index >= 15 is 0 Å². The highest BCUT2D eigenvalue weighted by atomic mass is 79.9. The van der Waals surface area contributed by atoms with Gasteiger partial charge in [-0.2, -0.15) is 10.4 Å². The first-order chi connectivity index (χ1) is 7.20. The summed E-state index contributed by atoms with van der Waals surface area (Å²) in [5.74, 6) is 0. The van der Waals surface area contributed by atoms with E-state index in [2.05, 4.69) is 27.1 Å². The average molecular weight is 262 g/mol. The van der Waals surface area contributed by atoms with Gasteiger partial charge in [-0.1, -0.05) is 12.1 Å². The Kier molecular flexibility index (Phi) is 2.57. The summed E-state index contributed by atoms with van der Waals surface area (Å²) in [5.41, 5.74) is 2.45. The number of hydrogen-bond acceptors (Lipinski definition) is 2. The molecule has 0 unspecified atom stereocenters. The normalized spacial score (nSPS) is 9.93. The van der Waals surface area contributed by atoms with Crippen LogP contribution in [-0.4, -0.2) is 9.78 Å². The number of nitriles is 1. The topological polar surface area (TPSA) is 41.6 Å². The van der Waals surface area contributed by atoms with Crippen molar-refractivity contribution in [1.29, 1.82) is 5.26 Å². The molecule has 0 N–H and O–H groups in total. The summed E-state index contributed by atoms with van der Waals surface area (Å²) < 4.78 is 2.67. The number of rotatable bonds is 1. The SMILES string of the molecule is Cn1cc(Br)c(-c2cccc(C#N)c2)n1. The minimum atomic E-state index is 0.644. The maximum atomic E-state index is 8.80. The molecule has 1 aromatic carbocycles. The molecule has 2 rings (SSSR count). The van der Waals surface area contributed by atoms with Crippen molar-refractivity contribution in [2.75, 3.05) is 0 Å². The second-order valence-electron chi connectivity index (χ2n) is 3.19. The van der Waals surface area contributed by atoms with Crippen molar-refractivity contribution in [3.05, 3.63) is 40.5 Å². The van der Waals surface area contributed by atoms with Crippen LogP contribution >= 0.6 is 15.9 Å². The van der Waals surface area contributed by atoms with Gasteiger partial charge >= 0.3 is 0 Å². The van der Waals surface area contributed by atoms with E-state index in [4.69, 9.17) is 5.26 Å². The molecule has 0 saturated carbocycles. The Balaban J connectivity index is 2.55. The third-order valence-electron chi connectivity index (χ3n) is 2.05. The molecule has 15 heavy (non-hydrogen) atoms. The number of halogens is 1. The maximum absolute atomic E-state index is 8.80. The Hall–Kier alpha value is -1.60. The fraction of sp³-hybridized carbons (Fsp3) is 0.0909. The molecule has 2 aromatic rings. The molecule has 0 spiro atoms. The lowest BCUT2D eigenvalue weighted by molar-refractivity contribution is 0.770. The van der Waals surface area contributed by atoms with Gasteiger partial charge in [-0.15, -0.1) is 0 Å². The molecule has 0 bridgehead atoms. The number of benzene rings is 1. The van der Waals surface area contributed by atoms with E-state index in [-0.39, 0.29) is 0 Å². The number of nitrogens with zero attached hydrogens (tertiary/aromatic N) is 3. The monoisotopic (exact) mass is 261 g/mol. The zero-order chi connectivity index (χ0) is 10.8. The van der Waals surface area contributed by atoms with Crippen molar-refractivity contribution >= 4 is 15.9 Å². The molecule has 0 amide bonds. The summed E-state index contributed by atoms with van der Waals surface area (Å²) in [6, 6.07) is 9.51. The number of hydrogen-bond donors (Lipinski definition) is 0. The first kappa shape index (κ1) is 9.94. The van der Waals surface area contributed by atoms with Gasteiger partial charge in [0, 0.05) is 18.8 Å². The van der Waals surface area contributed by atoms with E-state index in [0.29, 0.717) is 5.56 Å². The van der Waals surface area contributed by atoms with Crippen LogP contribution in [0.4, 0.5) is 0 Å². The molecule has 0 aliphatic carbocycles. The second-order valence-corrected chi connectivity index (χ2v) is 4.05. The van der Waals surface area contributed by atoms with Gasteiger partial charge in [-0.3, -0.25) is 4.68 Å². The van der Waals surface area contributed by atoms with Crippen LogP contribution in [0.25, 0.3) is 11.3 Å². The first-order valence-electron chi connectivity index (χ1n) is 4.40. The maximum Gasteiger partial charge on any atom is 0.107 e. The molecular formula is C11H8BrN3. The zero-order valence-electron chi connectivity index (χ0n) is 8.11. The van der Waals surface area contributed by atoms with Crippen molar-refractivity contribution in [1.82, 2.24) is 9.78 Å². The third-order valence-corrected chi connectivity index (χ3v) is 2.63. The zero-order valence-corrected chi connectivity index (χ0v) is 9.69. The van der Waals surface area contributed by atoms with Crippen molar-refractivity contribution in [3.63, 3.8) is 0 Å². The highest BCUT2D eigenvalue weighted by Crippen LogP contribution is 2.26. The third kappa shape index (κ3) is 1.92. The molecule has 1 aromatic heterocycles. The first-order valence-corrected chi connectivity index (χ1v) is 5.19. The summed E-state index contributed by atoms with van der Waals surface area (Å²) >= 11 is 3.43. The number of aryl methyl sites for hydroxylation is 1. The van der Waals surface area contributed by atoms with Crippen molar-refractivity contribution < 1.29 is 0 Å². The lowest BCUT2D eigenvalue weighted by Gasteiger charge is -1.97. The Labute approximate surface area is 96.1 Å². The van der Waals surface area contributed by atoms with Gasteiger partial charge < -0.3 is 0 Å². The molecule has 3 nitrogen and oxygen atoms in total. The highest BCUT2D eigenvalue weighted by molar-refractivity contribution is 9.10. The molecule has 0 fully saturated rings. The minimum absolute atomic E-state index is 0.644. The predicted octanol–water partition coefficient (Wildman–Crippen LogP) is 2.72. The molecule has 74 valence electrons. The summed E-state index contributed by atoms with van der Waals surface area (Å²) in [4.78, 5) is 0. The van der Waals surface area contributed by atoms with Gasteiger partial charge in [0.1, 0.15) is 5.69 Å². The smallest absolute Gasteiger partial charge is 0.107 e. The fourth-order valence-corrected chi connectivity index (χ4v) is 2.00. The fourth-order valence-electron chi connectivity index (χ4n) is 1.39. The molecule has 0 aliphatic rings. The quantitative estimate of drug-likeness (QED) is 0.792. The molecule has 0 aliphatic heterocycles. The molecule has 0 atom stereocenters. The Morgan fingerprint density at radius 3 is 2.87 bits per heavy atom. The Bertz CT molecular complexity index is 537. The van der Waals surface area contributed by atoms with Crippen LogP contribution in [-0.2, 0) is 7.05 Å². The van der Waals surface area contributed by atoms with Crippen molar-refractivity contribution in [2.24, 2.45) is 7.05 Å². The minimum Gasteiger partial charge on any atom is -0.274 e. The lowest BCUT2D eigenvalue weighted by Crippen LogP contribution is -1.88. The van der Waals surface area contributed by atoms with Crippen LogP contribution in [0, 0.1) is 11.3 Å². The molecule has 0 saturated heterocycles. The van der Waals surface area contributed by atoms with Gasteiger partial charge in [-0.05, 0) is 28.1 Å². The molecular weight excluding hydrogens is 254 g/mol. The van der Waals surface area contributed by atoms with Gasteiger partial charge in [0.2, 0.25) is 0 Å². The summed E-state index contributed by atoms with van der Waals surface area (Å²) in [7, 11) is 1.86. The van der Waals surface area contributed by atoms with E-state index in [1.165, 1.54) is 0 Å². The second kappa shape index (κ2) is 3.87. The van der Waals surface area contributed by atoms with Gasteiger partial charge in [0.05, 0.1) is 16.1 Å². The largest absolute Gasteiger partial charge is 0.274 e. The molecule has 1 heterocycles. The highest BCUT2D eigenvalue weighted by Gasteiger charge is 2.07. The van der Waals surface area contributed by atoms with Crippen molar-refractivity contribution in [3.8, 4) is 17.3 Å². The predicted molar refractivity (Wildman–Crippen MR) is 61.1 cm³/mol. The lowest BCUT2D eigenvalue weighted by atomic mass is 10.1. The van der Waals surface area contributed by atoms with E-state index in [9.17, 15) is 0 Å². The van der Waals surface area contributed by atoms with Gasteiger partial charge in [-0.25, -0.2) is 0 Å². The van der Waals surface area contributed by atoms with Crippen molar-refractivity contribution in [2.45, 2.75) is 0 Å². The van der Waals surface area contributed by atoms with Gasteiger partial charge in [0.15, 0.2) is 0 Å². The summed E-state index contributed by atoms with van der Waals surface area (Å²) in [6.45, 7) is 0. The Morgan fingerprint density at radius 2 is 2.27 bits per heavy atom. The van der Waals surface area contributed by atoms with Crippen LogP contribution in [0.3, 0.4) is 0 Å². The van der Waals surface area contributed by atoms with Crippen LogP contribution in [0.5, 0.6) is 0 Å². The Morgan fingerprint density at radius 1 is 1.47 bits per heavy atom. The van der Waals surface area contributed by atoms with Crippen LogP contribution in [0.15, 0.2) is 34.9 Å². The van der Waals surface area contributed by atoms with Crippen LogP contribution in [0.1, 0.15) is 5.56 Å². The molecule has 0 radical (unpaired) electrons. The summed E-state index contributed by atoms with van der Waals surface area (Å²) in [5, 5.41) is 13.1. The summed E-state index contributed by atoms with van der Waals surface area (Å²) in [6.07, 6.45) is 1.88. The standard InChI is InChI=1S/C11H8BrN3/c1-15-7-10(12)11(14-15)9-4-2-3-8(5-9)6-13/h2-5,7H,1H3. The van der Waals surface area contributed by atoms with E-state index < -0.39 is 0 Å². The number of aromatic nitrogens is 2.